The normalized spacial score (nSPS) is 12.7. The van der Waals surface area contributed by atoms with Gasteiger partial charge in [0.15, 0.2) is 0 Å². The van der Waals surface area contributed by atoms with Gasteiger partial charge in [0, 0.05) is 6.54 Å². The summed E-state index contributed by atoms with van der Waals surface area (Å²) in [4.78, 5) is 2.31. The molecule has 0 saturated carbocycles. The van der Waals surface area contributed by atoms with Crippen LogP contribution < -0.4 is 4.74 Å². The standard InChI is InChI=1S/C15H25NO2/c1-13(17)6-4-5-11-16(2)12-14-7-9-15(18-3)10-8-14/h7-10,13,17H,4-6,11-12H2,1-3H3. The average molecular weight is 251 g/mol. The summed E-state index contributed by atoms with van der Waals surface area (Å²) in [5.74, 6) is 0.901. The molecule has 18 heavy (non-hydrogen) atoms. The van der Waals surface area contributed by atoms with Crippen LogP contribution in [0.3, 0.4) is 0 Å². The van der Waals surface area contributed by atoms with Crippen molar-refractivity contribution >= 4 is 0 Å². The van der Waals surface area contributed by atoms with Gasteiger partial charge in [-0.05, 0) is 57.5 Å². The summed E-state index contributed by atoms with van der Waals surface area (Å²) < 4.78 is 5.14. The SMILES string of the molecule is COc1ccc(CN(C)CCCCC(C)O)cc1. The zero-order valence-corrected chi connectivity index (χ0v) is 11.7. The summed E-state index contributed by atoms with van der Waals surface area (Å²) in [6, 6.07) is 8.20. The highest BCUT2D eigenvalue weighted by Crippen LogP contribution is 2.12. The first-order valence-corrected chi connectivity index (χ1v) is 6.61. The van der Waals surface area contributed by atoms with E-state index < -0.39 is 0 Å². The molecule has 102 valence electrons. The third-order valence-electron chi connectivity index (χ3n) is 3.02. The Balaban J connectivity index is 2.24. The fourth-order valence-electron chi connectivity index (χ4n) is 1.94. The first-order chi connectivity index (χ1) is 8.61. The molecule has 3 heteroatoms. The second kappa shape index (κ2) is 8.11. The molecule has 0 aliphatic rings. The van der Waals surface area contributed by atoms with Gasteiger partial charge in [-0.25, -0.2) is 0 Å². The van der Waals surface area contributed by atoms with Crippen LogP contribution in [0.5, 0.6) is 5.75 Å². The summed E-state index contributed by atoms with van der Waals surface area (Å²) in [5.41, 5.74) is 1.30. The molecule has 1 atom stereocenters. The summed E-state index contributed by atoms with van der Waals surface area (Å²) in [7, 11) is 3.82. The van der Waals surface area contributed by atoms with Gasteiger partial charge in [0.2, 0.25) is 0 Å². The van der Waals surface area contributed by atoms with Crippen molar-refractivity contribution in [3.8, 4) is 5.75 Å². The highest BCUT2D eigenvalue weighted by Gasteiger charge is 2.02. The van der Waals surface area contributed by atoms with Crippen molar-refractivity contribution in [3.63, 3.8) is 0 Å². The predicted octanol–water partition coefficient (Wildman–Crippen LogP) is 2.68. The Morgan fingerprint density at radius 3 is 2.44 bits per heavy atom. The highest BCUT2D eigenvalue weighted by molar-refractivity contribution is 5.26. The Bertz CT molecular complexity index is 322. The van der Waals surface area contributed by atoms with Crippen molar-refractivity contribution in [1.29, 1.82) is 0 Å². The largest absolute Gasteiger partial charge is 0.497 e. The van der Waals surface area contributed by atoms with E-state index in [0.717, 1.165) is 38.1 Å². The Kier molecular flexibility index (Phi) is 6.76. The molecule has 1 aromatic rings. The van der Waals surface area contributed by atoms with Crippen LogP contribution in [0, 0.1) is 0 Å². The zero-order chi connectivity index (χ0) is 13.4. The van der Waals surface area contributed by atoms with Crippen LogP contribution in [-0.2, 0) is 6.54 Å². The predicted molar refractivity (Wildman–Crippen MR) is 74.9 cm³/mol. The molecule has 0 aromatic heterocycles. The molecular weight excluding hydrogens is 226 g/mol. The summed E-state index contributed by atoms with van der Waals surface area (Å²) in [6.45, 7) is 3.87. The van der Waals surface area contributed by atoms with Crippen molar-refractivity contribution in [1.82, 2.24) is 4.90 Å². The van der Waals surface area contributed by atoms with Crippen molar-refractivity contribution in [2.45, 2.75) is 38.8 Å². The van der Waals surface area contributed by atoms with E-state index in [1.54, 1.807) is 7.11 Å². The zero-order valence-electron chi connectivity index (χ0n) is 11.7. The quantitative estimate of drug-likeness (QED) is 0.721. The molecule has 0 aliphatic heterocycles. The van der Waals surface area contributed by atoms with Gasteiger partial charge in [0.1, 0.15) is 5.75 Å². The lowest BCUT2D eigenvalue weighted by atomic mass is 10.1. The van der Waals surface area contributed by atoms with Crippen LogP contribution >= 0.6 is 0 Å². The summed E-state index contributed by atoms with van der Waals surface area (Å²) >= 11 is 0. The third kappa shape index (κ3) is 6.03. The maximum Gasteiger partial charge on any atom is 0.118 e. The minimum atomic E-state index is -0.170. The lowest BCUT2D eigenvalue weighted by molar-refractivity contribution is 0.178. The molecular formula is C15H25NO2. The van der Waals surface area contributed by atoms with E-state index in [1.165, 1.54) is 5.56 Å². The molecule has 0 spiro atoms. The lowest BCUT2D eigenvalue weighted by Gasteiger charge is -2.17. The second-order valence-electron chi connectivity index (χ2n) is 4.93. The number of rotatable bonds is 8. The third-order valence-corrected chi connectivity index (χ3v) is 3.02. The lowest BCUT2D eigenvalue weighted by Crippen LogP contribution is -2.19. The van der Waals surface area contributed by atoms with Gasteiger partial charge in [-0.2, -0.15) is 0 Å². The molecule has 1 N–H and O–H groups in total. The molecule has 0 heterocycles. The van der Waals surface area contributed by atoms with Gasteiger partial charge in [-0.15, -0.1) is 0 Å². The Hall–Kier alpha value is -1.06. The first kappa shape index (κ1) is 15.0. The molecule has 0 radical (unpaired) electrons. The minimum absolute atomic E-state index is 0.170. The molecule has 1 rings (SSSR count). The fourth-order valence-corrected chi connectivity index (χ4v) is 1.94. The minimum Gasteiger partial charge on any atom is -0.497 e. The summed E-state index contributed by atoms with van der Waals surface area (Å²) in [6.07, 6.45) is 2.95. The van der Waals surface area contributed by atoms with Crippen molar-refractivity contribution in [2.24, 2.45) is 0 Å². The molecule has 0 amide bonds. The van der Waals surface area contributed by atoms with E-state index in [2.05, 4.69) is 24.1 Å². The molecule has 1 aromatic carbocycles. The van der Waals surface area contributed by atoms with E-state index in [4.69, 9.17) is 4.74 Å². The molecule has 1 unspecified atom stereocenters. The first-order valence-electron chi connectivity index (χ1n) is 6.61. The number of unbranched alkanes of at least 4 members (excludes halogenated alkanes) is 1. The highest BCUT2D eigenvalue weighted by atomic mass is 16.5. The number of benzene rings is 1. The van der Waals surface area contributed by atoms with Crippen molar-refractivity contribution in [2.75, 3.05) is 20.7 Å². The van der Waals surface area contributed by atoms with Crippen LogP contribution in [0.1, 0.15) is 31.7 Å². The molecule has 0 fully saturated rings. The van der Waals surface area contributed by atoms with Crippen LogP contribution in [0.2, 0.25) is 0 Å². The maximum atomic E-state index is 9.18. The molecule has 0 bridgehead atoms. The topological polar surface area (TPSA) is 32.7 Å². The van der Waals surface area contributed by atoms with Crippen LogP contribution in [0.15, 0.2) is 24.3 Å². The van der Waals surface area contributed by atoms with E-state index in [-0.39, 0.29) is 6.10 Å². The summed E-state index contributed by atoms with van der Waals surface area (Å²) in [5, 5.41) is 9.18. The van der Waals surface area contributed by atoms with Gasteiger partial charge in [0.05, 0.1) is 13.2 Å². The number of ether oxygens (including phenoxy) is 1. The van der Waals surface area contributed by atoms with Crippen LogP contribution in [0.4, 0.5) is 0 Å². The molecule has 0 aliphatic carbocycles. The average Bonchev–Trinajstić information content (AvgIpc) is 2.35. The Labute approximate surface area is 110 Å². The number of hydrogen-bond donors (Lipinski definition) is 1. The molecule has 3 nitrogen and oxygen atoms in total. The number of aliphatic hydroxyl groups is 1. The van der Waals surface area contributed by atoms with Gasteiger partial charge in [0.25, 0.3) is 0 Å². The smallest absolute Gasteiger partial charge is 0.118 e. The fraction of sp³-hybridized carbons (Fsp3) is 0.600. The van der Waals surface area contributed by atoms with Crippen LogP contribution in [-0.4, -0.2) is 36.8 Å². The second-order valence-corrected chi connectivity index (χ2v) is 4.93. The van der Waals surface area contributed by atoms with E-state index in [9.17, 15) is 5.11 Å². The van der Waals surface area contributed by atoms with Gasteiger partial charge in [-0.1, -0.05) is 12.1 Å². The van der Waals surface area contributed by atoms with Crippen molar-refractivity contribution < 1.29 is 9.84 Å². The van der Waals surface area contributed by atoms with Gasteiger partial charge >= 0.3 is 0 Å². The van der Waals surface area contributed by atoms with E-state index in [0.29, 0.717) is 0 Å². The van der Waals surface area contributed by atoms with Gasteiger partial charge < -0.3 is 14.7 Å². The monoisotopic (exact) mass is 251 g/mol. The van der Waals surface area contributed by atoms with E-state index in [1.807, 2.05) is 19.1 Å². The van der Waals surface area contributed by atoms with Gasteiger partial charge in [-0.3, -0.25) is 0 Å². The Morgan fingerprint density at radius 1 is 1.22 bits per heavy atom. The van der Waals surface area contributed by atoms with Crippen LogP contribution in [0.25, 0.3) is 0 Å². The number of aliphatic hydroxyl groups excluding tert-OH is 1. The number of hydrogen-bond acceptors (Lipinski definition) is 3. The number of methoxy groups -OCH3 is 1. The van der Waals surface area contributed by atoms with Crippen molar-refractivity contribution in [3.05, 3.63) is 29.8 Å². The Morgan fingerprint density at radius 2 is 1.89 bits per heavy atom. The maximum absolute atomic E-state index is 9.18. The number of nitrogens with zero attached hydrogens (tertiary/aromatic N) is 1. The van der Waals surface area contributed by atoms with E-state index >= 15 is 0 Å². The molecule has 0 saturated heterocycles.